The van der Waals surface area contributed by atoms with Gasteiger partial charge in [-0.2, -0.15) is 0 Å². The van der Waals surface area contributed by atoms with Gasteiger partial charge in [0.1, 0.15) is 5.82 Å². The number of nitrogens with two attached hydrogens (primary N) is 1. The Kier molecular flexibility index (Phi) is 4.86. The molecule has 0 aliphatic rings. The fourth-order valence-corrected chi connectivity index (χ4v) is 1.20. The Morgan fingerprint density at radius 2 is 2.35 bits per heavy atom. The molecule has 1 rings (SSSR count). The number of nitrogens with zero attached hydrogens (tertiary/aromatic N) is 2. The maximum Gasteiger partial charge on any atom is 0.242 e. The number of carbonyl (C=O) groups is 1. The summed E-state index contributed by atoms with van der Waals surface area (Å²) >= 11 is 0. The van der Waals surface area contributed by atoms with E-state index in [2.05, 4.69) is 10.3 Å². The number of hydrogen-bond donors (Lipinski definition) is 3. The molecule has 0 aliphatic carbocycles. The molecule has 1 atom stereocenters. The van der Waals surface area contributed by atoms with Crippen LogP contribution in [0.25, 0.3) is 0 Å². The van der Waals surface area contributed by atoms with Crippen molar-refractivity contribution < 1.29 is 9.90 Å². The molecule has 1 aromatic heterocycles. The predicted octanol–water partition coefficient (Wildman–Crippen LogP) is -0.204. The van der Waals surface area contributed by atoms with E-state index in [1.807, 2.05) is 18.0 Å². The van der Waals surface area contributed by atoms with Crippen molar-refractivity contribution in [2.24, 2.45) is 5.73 Å². The molecule has 94 valence electrons. The van der Waals surface area contributed by atoms with Gasteiger partial charge in [0, 0.05) is 13.6 Å². The first-order valence-corrected chi connectivity index (χ1v) is 5.39. The lowest BCUT2D eigenvalue weighted by Crippen LogP contribution is -2.32. The van der Waals surface area contributed by atoms with E-state index in [-0.39, 0.29) is 12.5 Å². The molecule has 0 spiro atoms. The first kappa shape index (κ1) is 13.4. The van der Waals surface area contributed by atoms with Crippen LogP contribution >= 0.6 is 0 Å². The fourth-order valence-electron chi connectivity index (χ4n) is 1.20. The van der Waals surface area contributed by atoms with Crippen LogP contribution in [-0.2, 0) is 4.79 Å². The molecule has 0 aliphatic heterocycles. The topological polar surface area (TPSA) is 91.5 Å². The smallest absolute Gasteiger partial charge is 0.242 e. The van der Waals surface area contributed by atoms with E-state index in [0.717, 1.165) is 5.69 Å². The Bertz CT molecular complexity index is 364. The maximum atomic E-state index is 11.3. The highest BCUT2D eigenvalue weighted by Crippen LogP contribution is 2.13. The summed E-state index contributed by atoms with van der Waals surface area (Å²) in [5, 5.41) is 11.4. The molecule has 4 N–H and O–H groups in total. The third-order valence-corrected chi connectivity index (χ3v) is 2.29. The summed E-state index contributed by atoms with van der Waals surface area (Å²) < 4.78 is 0. The van der Waals surface area contributed by atoms with E-state index in [9.17, 15) is 4.79 Å². The fraction of sp³-hybridized carbons (Fsp3) is 0.455. The number of rotatable bonds is 5. The third kappa shape index (κ3) is 4.01. The summed E-state index contributed by atoms with van der Waals surface area (Å²) in [5.74, 6) is 0.197. The third-order valence-electron chi connectivity index (χ3n) is 2.29. The zero-order valence-electron chi connectivity index (χ0n) is 10.1. The highest BCUT2D eigenvalue weighted by Gasteiger charge is 2.08. The van der Waals surface area contributed by atoms with Gasteiger partial charge in [-0.25, -0.2) is 4.98 Å². The van der Waals surface area contributed by atoms with Crippen molar-refractivity contribution in [3.63, 3.8) is 0 Å². The molecule has 0 fully saturated rings. The van der Waals surface area contributed by atoms with Gasteiger partial charge in [-0.05, 0) is 19.1 Å². The Balaban J connectivity index is 2.65. The number of nitrogens with one attached hydrogen (secondary N) is 1. The summed E-state index contributed by atoms with van der Waals surface area (Å²) in [5.41, 5.74) is 6.30. The van der Waals surface area contributed by atoms with Crippen molar-refractivity contribution in [2.75, 3.05) is 30.4 Å². The molecule has 0 saturated carbocycles. The summed E-state index contributed by atoms with van der Waals surface area (Å²) in [6, 6.07) is 2.96. The number of aliphatic hydroxyl groups excluding tert-OH is 1. The molecule has 1 heterocycles. The average molecular weight is 238 g/mol. The van der Waals surface area contributed by atoms with Crippen LogP contribution in [0.1, 0.15) is 6.92 Å². The standard InChI is InChI=1S/C11H18N4O2/c1-8(12)11(17)14-10-4-3-9(7-13-10)15(2)5-6-16/h3-4,7-8,16H,5-6,12H2,1-2H3,(H,13,14,17). The van der Waals surface area contributed by atoms with Crippen LogP contribution in [0.2, 0.25) is 0 Å². The molecule has 0 bridgehead atoms. The normalized spacial score (nSPS) is 12.0. The molecule has 0 aromatic carbocycles. The zero-order chi connectivity index (χ0) is 12.8. The Morgan fingerprint density at radius 1 is 1.65 bits per heavy atom. The van der Waals surface area contributed by atoms with Crippen molar-refractivity contribution >= 4 is 17.4 Å². The number of amides is 1. The lowest BCUT2D eigenvalue weighted by atomic mass is 10.3. The molecule has 17 heavy (non-hydrogen) atoms. The van der Waals surface area contributed by atoms with Crippen LogP contribution < -0.4 is 16.0 Å². The number of pyridine rings is 1. The van der Waals surface area contributed by atoms with Crippen LogP contribution in [0, 0.1) is 0 Å². The van der Waals surface area contributed by atoms with Crippen molar-refractivity contribution in [2.45, 2.75) is 13.0 Å². The van der Waals surface area contributed by atoms with E-state index in [1.165, 1.54) is 0 Å². The number of hydrogen-bond acceptors (Lipinski definition) is 5. The number of likely N-dealkylation sites (N-methyl/N-ethyl adjacent to an activating group) is 1. The molecule has 0 radical (unpaired) electrons. The second-order valence-corrected chi connectivity index (χ2v) is 3.82. The van der Waals surface area contributed by atoms with E-state index in [4.69, 9.17) is 10.8 Å². The van der Waals surface area contributed by atoms with Gasteiger partial charge in [0.2, 0.25) is 5.91 Å². The summed E-state index contributed by atoms with van der Waals surface area (Å²) in [6.45, 7) is 2.23. The quantitative estimate of drug-likeness (QED) is 0.660. The number of carbonyl (C=O) groups excluding carboxylic acids is 1. The number of anilines is 2. The largest absolute Gasteiger partial charge is 0.395 e. The van der Waals surface area contributed by atoms with Crippen LogP contribution in [-0.4, -0.2) is 42.2 Å². The summed E-state index contributed by atoms with van der Waals surface area (Å²) in [7, 11) is 1.85. The first-order valence-electron chi connectivity index (χ1n) is 5.39. The maximum absolute atomic E-state index is 11.3. The highest BCUT2D eigenvalue weighted by molar-refractivity contribution is 5.93. The Labute approximate surface area is 100 Å². The van der Waals surface area contributed by atoms with Gasteiger partial charge in [-0.15, -0.1) is 0 Å². The predicted molar refractivity (Wildman–Crippen MR) is 66.9 cm³/mol. The summed E-state index contributed by atoms with van der Waals surface area (Å²) in [6.07, 6.45) is 1.63. The van der Waals surface area contributed by atoms with Gasteiger partial charge in [0.15, 0.2) is 0 Å². The van der Waals surface area contributed by atoms with E-state index in [0.29, 0.717) is 12.4 Å². The van der Waals surface area contributed by atoms with E-state index in [1.54, 1.807) is 19.2 Å². The van der Waals surface area contributed by atoms with E-state index < -0.39 is 6.04 Å². The Hall–Kier alpha value is -1.66. The summed E-state index contributed by atoms with van der Waals surface area (Å²) in [4.78, 5) is 17.3. The van der Waals surface area contributed by atoms with Gasteiger partial charge in [-0.1, -0.05) is 0 Å². The molecular formula is C11H18N4O2. The number of aromatic nitrogens is 1. The van der Waals surface area contributed by atoms with Crippen molar-refractivity contribution in [3.05, 3.63) is 18.3 Å². The van der Waals surface area contributed by atoms with Crippen molar-refractivity contribution in [1.29, 1.82) is 0 Å². The van der Waals surface area contributed by atoms with Gasteiger partial charge in [-0.3, -0.25) is 4.79 Å². The van der Waals surface area contributed by atoms with Crippen molar-refractivity contribution in [1.82, 2.24) is 4.98 Å². The second kappa shape index (κ2) is 6.17. The molecule has 1 aromatic rings. The molecular weight excluding hydrogens is 220 g/mol. The highest BCUT2D eigenvalue weighted by atomic mass is 16.3. The van der Waals surface area contributed by atoms with Gasteiger partial charge >= 0.3 is 0 Å². The lowest BCUT2D eigenvalue weighted by molar-refractivity contribution is -0.117. The second-order valence-electron chi connectivity index (χ2n) is 3.82. The molecule has 1 amide bonds. The van der Waals surface area contributed by atoms with Gasteiger partial charge < -0.3 is 21.1 Å². The first-order chi connectivity index (χ1) is 8.04. The molecule has 1 unspecified atom stereocenters. The van der Waals surface area contributed by atoms with Crippen LogP contribution in [0.5, 0.6) is 0 Å². The van der Waals surface area contributed by atoms with Crippen LogP contribution in [0.3, 0.4) is 0 Å². The minimum atomic E-state index is -0.562. The SMILES string of the molecule is CC(N)C(=O)Nc1ccc(N(C)CCO)cn1. The zero-order valence-corrected chi connectivity index (χ0v) is 10.1. The molecule has 6 heteroatoms. The van der Waals surface area contributed by atoms with Gasteiger partial charge in [0.05, 0.1) is 24.5 Å². The molecule has 6 nitrogen and oxygen atoms in total. The Morgan fingerprint density at radius 3 is 2.82 bits per heavy atom. The van der Waals surface area contributed by atoms with E-state index >= 15 is 0 Å². The van der Waals surface area contributed by atoms with Crippen LogP contribution in [0.15, 0.2) is 18.3 Å². The monoisotopic (exact) mass is 238 g/mol. The van der Waals surface area contributed by atoms with Gasteiger partial charge in [0.25, 0.3) is 0 Å². The van der Waals surface area contributed by atoms with Crippen molar-refractivity contribution in [3.8, 4) is 0 Å². The van der Waals surface area contributed by atoms with Crippen LogP contribution in [0.4, 0.5) is 11.5 Å². The number of aliphatic hydroxyl groups is 1. The average Bonchev–Trinajstić information content (AvgIpc) is 2.30. The molecule has 0 saturated heterocycles. The minimum absolute atomic E-state index is 0.0830. The minimum Gasteiger partial charge on any atom is -0.395 e. The lowest BCUT2D eigenvalue weighted by Gasteiger charge is -2.17.